The molecule has 4 N–H and O–H groups in total. The van der Waals surface area contributed by atoms with Crippen LogP contribution in [-0.2, 0) is 4.79 Å². The molecule has 0 aromatic heterocycles. The largest absolute Gasteiger partial charge is 0.355 e. The van der Waals surface area contributed by atoms with Gasteiger partial charge < -0.3 is 16.0 Å². The van der Waals surface area contributed by atoms with Gasteiger partial charge in [-0.05, 0) is 42.8 Å². The van der Waals surface area contributed by atoms with E-state index in [0.717, 1.165) is 0 Å². The summed E-state index contributed by atoms with van der Waals surface area (Å²) < 4.78 is 13.0. The molecule has 1 aliphatic heterocycles. The molecule has 1 fully saturated rings. The average Bonchev–Trinajstić information content (AvgIpc) is 3.02. The first-order valence-corrected chi connectivity index (χ1v) is 8.04. The average molecular weight is 342 g/mol. The molecule has 1 atom stereocenters. The van der Waals surface area contributed by atoms with Crippen LogP contribution in [0.15, 0.2) is 48.5 Å². The second-order valence-corrected chi connectivity index (χ2v) is 5.70. The molecule has 2 aromatic rings. The number of hydrogen-bond acceptors (Lipinski definition) is 4. The van der Waals surface area contributed by atoms with E-state index >= 15 is 0 Å². The Balaban J connectivity index is 1.62. The van der Waals surface area contributed by atoms with E-state index in [1.165, 1.54) is 12.1 Å². The van der Waals surface area contributed by atoms with Gasteiger partial charge in [-0.3, -0.25) is 14.9 Å². The van der Waals surface area contributed by atoms with Crippen LogP contribution in [-0.4, -0.2) is 31.1 Å². The van der Waals surface area contributed by atoms with Gasteiger partial charge in [0.2, 0.25) is 5.91 Å². The molecular formula is C18H19FN4O2. The Morgan fingerprint density at radius 3 is 2.64 bits per heavy atom. The minimum absolute atomic E-state index is 0.0485. The number of carbonyl (C=O) groups excluding carboxylic acids is 2. The van der Waals surface area contributed by atoms with Crippen molar-refractivity contribution in [1.29, 1.82) is 0 Å². The van der Waals surface area contributed by atoms with Gasteiger partial charge in [0.15, 0.2) is 0 Å². The van der Waals surface area contributed by atoms with Crippen LogP contribution in [0.5, 0.6) is 0 Å². The molecule has 1 unspecified atom stereocenters. The molecule has 7 heteroatoms. The Kier molecular flexibility index (Phi) is 5.25. The summed E-state index contributed by atoms with van der Waals surface area (Å²) in [6.45, 7) is 0.844. The molecule has 0 saturated carbocycles. The third kappa shape index (κ3) is 4.33. The van der Waals surface area contributed by atoms with Crippen LogP contribution in [0.3, 0.4) is 0 Å². The molecule has 6 nitrogen and oxygen atoms in total. The summed E-state index contributed by atoms with van der Waals surface area (Å²) in [7, 11) is 0. The van der Waals surface area contributed by atoms with Crippen molar-refractivity contribution >= 4 is 23.2 Å². The van der Waals surface area contributed by atoms with E-state index < -0.39 is 0 Å². The summed E-state index contributed by atoms with van der Waals surface area (Å²) in [5.74, 6) is -0.600. The van der Waals surface area contributed by atoms with Crippen LogP contribution in [0.2, 0.25) is 0 Å². The molecule has 2 aromatic carbocycles. The molecule has 2 amide bonds. The van der Waals surface area contributed by atoms with Crippen molar-refractivity contribution in [3.8, 4) is 0 Å². The smallest absolute Gasteiger partial charge is 0.253 e. The van der Waals surface area contributed by atoms with E-state index in [0.29, 0.717) is 36.6 Å². The maximum atomic E-state index is 13.0. The van der Waals surface area contributed by atoms with Crippen LogP contribution in [0, 0.1) is 5.82 Å². The number of rotatable bonds is 6. The Bertz CT molecular complexity index is 764. The normalized spacial score (nSPS) is 16.4. The first-order chi connectivity index (χ1) is 12.1. The zero-order valence-electron chi connectivity index (χ0n) is 13.5. The van der Waals surface area contributed by atoms with Gasteiger partial charge in [-0.2, -0.15) is 0 Å². The molecule has 130 valence electrons. The number of carbonyl (C=O) groups is 2. The topological polar surface area (TPSA) is 82.3 Å². The first-order valence-electron chi connectivity index (χ1n) is 8.04. The molecule has 0 bridgehead atoms. The molecule has 0 aliphatic carbocycles. The SMILES string of the molecule is O=C(NCCC1NCNC1=O)c1ccccc1Nc1ccc(F)cc1. The van der Waals surface area contributed by atoms with Gasteiger partial charge in [-0.15, -0.1) is 0 Å². The molecule has 3 rings (SSSR count). The number of anilines is 2. The van der Waals surface area contributed by atoms with E-state index in [1.54, 1.807) is 30.3 Å². The zero-order chi connectivity index (χ0) is 17.6. The Hall–Kier alpha value is -2.93. The van der Waals surface area contributed by atoms with Crippen molar-refractivity contribution in [3.63, 3.8) is 0 Å². The highest BCUT2D eigenvalue weighted by molar-refractivity contribution is 6.00. The fraction of sp³-hybridized carbons (Fsp3) is 0.222. The number of hydrogen-bond donors (Lipinski definition) is 4. The standard InChI is InChI=1S/C18H19FN4O2/c19-12-5-7-13(8-6-12)23-15-4-2-1-3-14(15)17(24)20-10-9-16-18(25)22-11-21-16/h1-8,16,21,23H,9-11H2,(H,20,24)(H,22,25). The van der Waals surface area contributed by atoms with Gasteiger partial charge in [0.1, 0.15) is 5.82 Å². The predicted octanol–water partition coefficient (Wildman–Crippen LogP) is 1.73. The summed E-state index contributed by atoms with van der Waals surface area (Å²) in [5.41, 5.74) is 1.80. The quantitative estimate of drug-likeness (QED) is 0.644. The summed E-state index contributed by atoms with van der Waals surface area (Å²) in [5, 5.41) is 11.6. The maximum absolute atomic E-state index is 13.0. The summed E-state index contributed by atoms with van der Waals surface area (Å²) in [6.07, 6.45) is 0.519. The fourth-order valence-corrected chi connectivity index (χ4v) is 2.61. The highest BCUT2D eigenvalue weighted by atomic mass is 19.1. The lowest BCUT2D eigenvalue weighted by Crippen LogP contribution is -2.34. The number of benzene rings is 2. The van der Waals surface area contributed by atoms with Crippen molar-refractivity contribution in [2.45, 2.75) is 12.5 Å². The molecular weight excluding hydrogens is 323 g/mol. The second kappa shape index (κ2) is 7.76. The van der Waals surface area contributed by atoms with E-state index in [1.807, 2.05) is 6.07 Å². The zero-order valence-corrected chi connectivity index (χ0v) is 13.5. The number of para-hydroxylation sites is 1. The Labute approximate surface area is 144 Å². The molecule has 0 spiro atoms. The highest BCUT2D eigenvalue weighted by Crippen LogP contribution is 2.21. The molecule has 1 saturated heterocycles. The van der Waals surface area contributed by atoms with E-state index in [4.69, 9.17) is 0 Å². The third-order valence-electron chi connectivity index (χ3n) is 3.94. The van der Waals surface area contributed by atoms with Crippen LogP contribution >= 0.6 is 0 Å². The van der Waals surface area contributed by atoms with Gasteiger partial charge >= 0.3 is 0 Å². The Morgan fingerprint density at radius 2 is 1.92 bits per heavy atom. The van der Waals surface area contributed by atoms with Gasteiger partial charge in [0, 0.05) is 12.2 Å². The van der Waals surface area contributed by atoms with Crippen LogP contribution in [0.4, 0.5) is 15.8 Å². The highest BCUT2D eigenvalue weighted by Gasteiger charge is 2.22. The van der Waals surface area contributed by atoms with E-state index in [2.05, 4.69) is 21.3 Å². The van der Waals surface area contributed by atoms with Gasteiger partial charge in [0.25, 0.3) is 5.91 Å². The van der Waals surface area contributed by atoms with Gasteiger partial charge in [-0.1, -0.05) is 12.1 Å². The van der Waals surface area contributed by atoms with Gasteiger partial charge in [-0.25, -0.2) is 4.39 Å². The number of nitrogens with one attached hydrogen (secondary N) is 4. The summed E-state index contributed by atoms with van der Waals surface area (Å²) in [4.78, 5) is 23.9. The van der Waals surface area contributed by atoms with Crippen molar-refractivity contribution in [1.82, 2.24) is 16.0 Å². The molecule has 1 heterocycles. The minimum atomic E-state index is -0.318. The van der Waals surface area contributed by atoms with Crippen molar-refractivity contribution < 1.29 is 14.0 Å². The Morgan fingerprint density at radius 1 is 1.16 bits per heavy atom. The van der Waals surface area contributed by atoms with E-state index in [-0.39, 0.29) is 23.7 Å². The van der Waals surface area contributed by atoms with E-state index in [9.17, 15) is 14.0 Å². The minimum Gasteiger partial charge on any atom is -0.355 e. The number of halogens is 1. The van der Waals surface area contributed by atoms with Crippen molar-refractivity contribution in [3.05, 3.63) is 59.9 Å². The lowest BCUT2D eigenvalue weighted by Gasteiger charge is -2.13. The molecule has 1 aliphatic rings. The summed E-state index contributed by atoms with van der Waals surface area (Å²) in [6, 6.07) is 12.7. The molecule has 25 heavy (non-hydrogen) atoms. The lowest BCUT2D eigenvalue weighted by molar-refractivity contribution is -0.120. The predicted molar refractivity (Wildman–Crippen MR) is 93.0 cm³/mol. The maximum Gasteiger partial charge on any atom is 0.253 e. The summed E-state index contributed by atoms with van der Waals surface area (Å²) >= 11 is 0. The number of amides is 2. The third-order valence-corrected chi connectivity index (χ3v) is 3.94. The monoisotopic (exact) mass is 342 g/mol. The fourth-order valence-electron chi connectivity index (χ4n) is 2.61. The second-order valence-electron chi connectivity index (χ2n) is 5.70. The first kappa shape index (κ1) is 16.9. The molecule has 0 radical (unpaired) electrons. The lowest BCUT2D eigenvalue weighted by atomic mass is 10.1. The van der Waals surface area contributed by atoms with Gasteiger partial charge in [0.05, 0.1) is 24.0 Å². The van der Waals surface area contributed by atoms with Crippen LogP contribution in [0.25, 0.3) is 0 Å². The van der Waals surface area contributed by atoms with Crippen molar-refractivity contribution in [2.75, 3.05) is 18.5 Å². The van der Waals surface area contributed by atoms with Crippen molar-refractivity contribution in [2.24, 2.45) is 0 Å². The van der Waals surface area contributed by atoms with Crippen LogP contribution < -0.4 is 21.3 Å². The van der Waals surface area contributed by atoms with Crippen LogP contribution in [0.1, 0.15) is 16.8 Å².